The van der Waals surface area contributed by atoms with Gasteiger partial charge in [0.25, 0.3) is 11.8 Å². The highest BCUT2D eigenvalue weighted by Gasteiger charge is 2.23. The van der Waals surface area contributed by atoms with Crippen molar-refractivity contribution in [1.29, 1.82) is 0 Å². The molecule has 1 aromatic heterocycles. The Hall–Kier alpha value is -2.94. The molecule has 0 saturated carbocycles. The summed E-state index contributed by atoms with van der Waals surface area (Å²) in [7, 11) is 1.57. The molecule has 31 heavy (non-hydrogen) atoms. The van der Waals surface area contributed by atoms with Crippen molar-refractivity contribution in [1.82, 2.24) is 15.3 Å². The Balaban J connectivity index is 1.54. The van der Waals surface area contributed by atoms with Crippen LogP contribution in [0.3, 0.4) is 0 Å². The number of H-pyrrole nitrogens is 1. The lowest BCUT2D eigenvalue weighted by molar-refractivity contribution is -0.125. The molecule has 2 N–H and O–H groups in total. The van der Waals surface area contributed by atoms with Crippen LogP contribution in [0, 0.1) is 6.92 Å². The van der Waals surface area contributed by atoms with Crippen LogP contribution in [0.2, 0.25) is 5.02 Å². The van der Waals surface area contributed by atoms with E-state index in [1.807, 2.05) is 13.0 Å². The van der Waals surface area contributed by atoms with Crippen molar-refractivity contribution in [3.63, 3.8) is 0 Å². The molecule has 1 saturated heterocycles. The zero-order chi connectivity index (χ0) is 22.0. The number of methoxy groups -OCH3 is 1. The number of aromatic nitrogens is 2. The van der Waals surface area contributed by atoms with E-state index >= 15 is 0 Å². The molecule has 1 aliphatic heterocycles. The number of ether oxygens (including phenoxy) is 2. The second-order valence-corrected chi connectivity index (χ2v) is 7.80. The number of fused-ring (bicyclic) bond motifs is 1. The molecule has 0 radical (unpaired) electrons. The molecule has 0 spiro atoms. The predicted molar refractivity (Wildman–Crippen MR) is 118 cm³/mol. The van der Waals surface area contributed by atoms with Gasteiger partial charge in [-0.25, -0.2) is 4.98 Å². The maximum Gasteiger partial charge on any atom is 0.253 e. The Bertz CT molecular complexity index is 1130. The number of aromatic amines is 1. The van der Waals surface area contributed by atoms with Crippen molar-refractivity contribution < 1.29 is 19.1 Å². The highest BCUT2D eigenvalue weighted by Crippen LogP contribution is 2.24. The van der Waals surface area contributed by atoms with Crippen LogP contribution in [0.25, 0.3) is 11.0 Å². The summed E-state index contributed by atoms with van der Waals surface area (Å²) in [5, 5.41) is 3.57. The number of anilines is 1. The van der Waals surface area contributed by atoms with Crippen LogP contribution in [0.1, 0.15) is 27.8 Å². The van der Waals surface area contributed by atoms with Crippen LogP contribution in [-0.4, -0.2) is 55.3 Å². The fourth-order valence-corrected chi connectivity index (χ4v) is 3.81. The largest absolute Gasteiger partial charge is 0.382 e. The highest BCUT2D eigenvalue weighted by molar-refractivity contribution is 6.31. The third-order valence-corrected chi connectivity index (χ3v) is 5.40. The molecule has 9 heteroatoms. The van der Waals surface area contributed by atoms with Gasteiger partial charge in [-0.05, 0) is 48.9 Å². The zero-order valence-corrected chi connectivity index (χ0v) is 18.0. The first-order chi connectivity index (χ1) is 15.0. The molecule has 1 unspecified atom stereocenters. The number of amides is 2. The topological polar surface area (TPSA) is 96.6 Å². The lowest BCUT2D eigenvalue weighted by Crippen LogP contribution is -2.42. The van der Waals surface area contributed by atoms with E-state index < -0.39 is 6.04 Å². The quantitative estimate of drug-likeness (QED) is 0.611. The van der Waals surface area contributed by atoms with Crippen molar-refractivity contribution in [3.8, 4) is 0 Å². The first-order valence-electron chi connectivity index (χ1n) is 9.90. The van der Waals surface area contributed by atoms with Gasteiger partial charge in [0.05, 0.1) is 24.2 Å². The number of rotatable bonds is 6. The second kappa shape index (κ2) is 9.05. The molecule has 2 heterocycles. The number of morpholine rings is 1. The van der Waals surface area contributed by atoms with Crippen LogP contribution < -0.4 is 10.2 Å². The van der Waals surface area contributed by atoms with Gasteiger partial charge < -0.3 is 24.7 Å². The van der Waals surface area contributed by atoms with Gasteiger partial charge in [-0.2, -0.15) is 0 Å². The summed E-state index contributed by atoms with van der Waals surface area (Å²) in [6.07, 6.45) is 0. The zero-order valence-electron chi connectivity index (χ0n) is 17.3. The van der Waals surface area contributed by atoms with E-state index in [1.54, 1.807) is 42.3 Å². The normalized spacial score (nSPS) is 15.3. The minimum Gasteiger partial charge on any atom is -0.382 e. The van der Waals surface area contributed by atoms with E-state index in [-0.39, 0.29) is 25.0 Å². The monoisotopic (exact) mass is 442 g/mol. The molecule has 2 aromatic carbocycles. The number of carbonyl (C=O) groups is 2. The molecule has 4 rings (SSSR count). The third kappa shape index (κ3) is 4.56. The lowest BCUT2D eigenvalue weighted by atomic mass is 10.1. The number of aryl methyl sites for hydroxylation is 1. The average Bonchev–Trinajstić information content (AvgIpc) is 3.17. The minimum atomic E-state index is -0.468. The summed E-state index contributed by atoms with van der Waals surface area (Å²) in [5.41, 5.74) is 3.65. The number of carbonyl (C=O) groups excluding carboxylic acids is 2. The molecule has 1 fully saturated rings. The number of imidazole rings is 1. The van der Waals surface area contributed by atoms with E-state index in [2.05, 4.69) is 15.3 Å². The second-order valence-electron chi connectivity index (χ2n) is 7.36. The van der Waals surface area contributed by atoms with Crippen molar-refractivity contribution >= 4 is 40.1 Å². The Morgan fingerprint density at radius 3 is 2.94 bits per heavy atom. The lowest BCUT2D eigenvalue weighted by Gasteiger charge is -2.28. The number of hydrogen-bond acceptors (Lipinski definition) is 5. The average molecular weight is 443 g/mol. The van der Waals surface area contributed by atoms with Crippen molar-refractivity contribution in [3.05, 3.63) is 58.4 Å². The van der Waals surface area contributed by atoms with E-state index in [0.717, 1.165) is 22.3 Å². The van der Waals surface area contributed by atoms with Crippen molar-refractivity contribution in [2.75, 3.05) is 38.4 Å². The Morgan fingerprint density at radius 1 is 1.35 bits per heavy atom. The third-order valence-electron chi connectivity index (χ3n) is 5.17. The molecule has 1 atom stereocenters. The summed E-state index contributed by atoms with van der Waals surface area (Å²) < 4.78 is 10.5. The smallest absolute Gasteiger partial charge is 0.253 e. The van der Waals surface area contributed by atoms with Crippen LogP contribution in [0.15, 0.2) is 36.4 Å². The first kappa shape index (κ1) is 21.3. The fraction of sp³-hybridized carbons (Fsp3) is 0.318. The van der Waals surface area contributed by atoms with Crippen LogP contribution in [-0.2, 0) is 14.3 Å². The molecular weight excluding hydrogens is 420 g/mol. The predicted octanol–water partition coefficient (Wildman–Crippen LogP) is 3.01. The van der Waals surface area contributed by atoms with Gasteiger partial charge in [0, 0.05) is 29.9 Å². The molecular formula is C22H23ClN4O4. The number of halogens is 1. The summed E-state index contributed by atoms with van der Waals surface area (Å²) >= 11 is 6.05. The number of nitrogens with zero attached hydrogens (tertiary/aromatic N) is 2. The maximum absolute atomic E-state index is 12.9. The van der Waals surface area contributed by atoms with Gasteiger partial charge in [-0.3, -0.25) is 9.59 Å². The van der Waals surface area contributed by atoms with Gasteiger partial charge in [0.15, 0.2) is 0 Å². The SMILES string of the molecule is COCC(NC(=O)c1ccc(N2CCOCC2=O)c(C)c1)c1nc2ccc(Cl)cc2[nH]1. The Labute approximate surface area is 184 Å². The van der Waals surface area contributed by atoms with Crippen LogP contribution in [0.5, 0.6) is 0 Å². The summed E-state index contributed by atoms with van der Waals surface area (Å²) in [6, 6.07) is 10.2. The Kier molecular flexibility index (Phi) is 6.22. The molecule has 0 aliphatic carbocycles. The fourth-order valence-electron chi connectivity index (χ4n) is 3.64. The summed E-state index contributed by atoms with van der Waals surface area (Å²) in [6.45, 7) is 3.19. The molecule has 162 valence electrons. The van der Waals surface area contributed by atoms with Crippen molar-refractivity contribution in [2.45, 2.75) is 13.0 Å². The van der Waals surface area contributed by atoms with Gasteiger partial charge in [0.2, 0.25) is 0 Å². The van der Waals surface area contributed by atoms with Gasteiger partial charge in [-0.15, -0.1) is 0 Å². The van der Waals surface area contributed by atoms with Crippen LogP contribution in [0.4, 0.5) is 5.69 Å². The van der Waals surface area contributed by atoms with Gasteiger partial charge >= 0.3 is 0 Å². The first-order valence-corrected chi connectivity index (χ1v) is 10.3. The van der Waals surface area contributed by atoms with E-state index in [9.17, 15) is 9.59 Å². The standard InChI is InChI=1S/C22H23ClN4O4/c1-13-9-14(3-6-19(13)27-7-8-31-12-20(27)28)22(29)26-18(11-30-2)21-24-16-5-4-15(23)10-17(16)25-21/h3-6,9-10,18H,7-8,11-12H2,1-2H3,(H,24,25)(H,26,29). The van der Waals surface area contributed by atoms with Gasteiger partial charge in [-0.1, -0.05) is 11.6 Å². The molecule has 3 aromatic rings. The summed E-state index contributed by atoms with van der Waals surface area (Å²) in [4.78, 5) is 34.5. The molecule has 8 nitrogen and oxygen atoms in total. The molecule has 1 aliphatic rings. The van der Waals surface area contributed by atoms with Gasteiger partial charge in [0.1, 0.15) is 18.5 Å². The van der Waals surface area contributed by atoms with Crippen LogP contribution >= 0.6 is 11.6 Å². The van der Waals surface area contributed by atoms with E-state index in [4.69, 9.17) is 21.1 Å². The van der Waals surface area contributed by atoms with Crippen molar-refractivity contribution in [2.24, 2.45) is 0 Å². The molecule has 2 amide bonds. The maximum atomic E-state index is 12.9. The van der Waals surface area contributed by atoms with E-state index in [1.165, 1.54) is 0 Å². The summed E-state index contributed by atoms with van der Waals surface area (Å²) in [5.74, 6) is 0.236. The Morgan fingerprint density at radius 2 is 2.19 bits per heavy atom. The van der Waals surface area contributed by atoms with E-state index in [0.29, 0.717) is 29.6 Å². The number of benzene rings is 2. The minimum absolute atomic E-state index is 0.0725. The molecule has 0 bridgehead atoms. The highest BCUT2D eigenvalue weighted by atomic mass is 35.5. The number of hydrogen-bond donors (Lipinski definition) is 2. The number of nitrogens with one attached hydrogen (secondary N) is 2.